The Morgan fingerprint density at radius 3 is 2.70 bits per heavy atom. The fraction of sp³-hybridized carbons (Fsp3) is 0.941. The van der Waals surface area contributed by atoms with E-state index in [4.69, 9.17) is 5.73 Å². The standard InChI is InChI=1S/C17H32N2O/c1-2-14(11-12-18)9-10-17(20)19-13-5-7-15-6-3-4-8-16(15)19/h14-16H,2-13,18H2,1H3/t14?,15-,16-/m1/s1. The maximum atomic E-state index is 12.6. The molecule has 1 amide bonds. The highest BCUT2D eigenvalue weighted by atomic mass is 16.2. The summed E-state index contributed by atoms with van der Waals surface area (Å²) in [5.74, 6) is 1.85. The van der Waals surface area contributed by atoms with Crippen LogP contribution in [0.15, 0.2) is 0 Å². The van der Waals surface area contributed by atoms with Crippen molar-refractivity contribution in [3.05, 3.63) is 0 Å². The molecule has 116 valence electrons. The number of rotatable bonds is 6. The highest BCUT2D eigenvalue weighted by Gasteiger charge is 2.35. The van der Waals surface area contributed by atoms with Crippen LogP contribution >= 0.6 is 0 Å². The predicted octanol–water partition coefficient (Wildman–Crippen LogP) is 3.32. The molecule has 0 bridgehead atoms. The van der Waals surface area contributed by atoms with Crippen molar-refractivity contribution in [2.24, 2.45) is 17.6 Å². The van der Waals surface area contributed by atoms with Gasteiger partial charge >= 0.3 is 0 Å². The number of piperidine rings is 1. The lowest BCUT2D eigenvalue weighted by Gasteiger charge is -2.44. The van der Waals surface area contributed by atoms with Gasteiger partial charge < -0.3 is 10.6 Å². The fourth-order valence-corrected chi connectivity index (χ4v) is 4.19. The van der Waals surface area contributed by atoms with E-state index in [0.717, 1.165) is 44.7 Å². The third kappa shape index (κ3) is 3.97. The molecule has 1 aliphatic heterocycles. The summed E-state index contributed by atoms with van der Waals surface area (Å²) in [6.45, 7) is 3.97. The second-order valence-electron chi connectivity index (χ2n) is 6.73. The summed E-state index contributed by atoms with van der Waals surface area (Å²) in [4.78, 5) is 14.8. The van der Waals surface area contributed by atoms with E-state index < -0.39 is 0 Å². The molecule has 3 nitrogen and oxygen atoms in total. The first-order chi connectivity index (χ1) is 9.76. The van der Waals surface area contributed by atoms with E-state index in [2.05, 4.69) is 11.8 Å². The Morgan fingerprint density at radius 1 is 1.20 bits per heavy atom. The minimum atomic E-state index is 0.414. The lowest BCUT2D eigenvalue weighted by Crippen LogP contribution is -2.49. The second-order valence-corrected chi connectivity index (χ2v) is 6.73. The predicted molar refractivity (Wildman–Crippen MR) is 83.4 cm³/mol. The number of amides is 1. The Labute approximate surface area is 124 Å². The van der Waals surface area contributed by atoms with E-state index in [1.54, 1.807) is 0 Å². The van der Waals surface area contributed by atoms with Crippen LogP contribution in [-0.2, 0) is 4.79 Å². The Kier molecular flexibility index (Phi) is 6.34. The molecular weight excluding hydrogens is 248 g/mol. The zero-order chi connectivity index (χ0) is 14.4. The lowest BCUT2D eigenvalue weighted by atomic mass is 9.78. The highest BCUT2D eigenvalue weighted by Crippen LogP contribution is 2.35. The molecule has 3 heteroatoms. The molecule has 0 aromatic heterocycles. The Bertz CT molecular complexity index is 303. The third-order valence-electron chi connectivity index (χ3n) is 5.48. The number of likely N-dealkylation sites (tertiary alicyclic amines) is 1. The van der Waals surface area contributed by atoms with Gasteiger partial charge in [-0.15, -0.1) is 0 Å². The molecule has 1 aliphatic carbocycles. The zero-order valence-corrected chi connectivity index (χ0v) is 13.2. The highest BCUT2D eigenvalue weighted by molar-refractivity contribution is 5.76. The third-order valence-corrected chi connectivity index (χ3v) is 5.48. The summed E-state index contributed by atoms with van der Waals surface area (Å²) < 4.78 is 0. The molecule has 1 heterocycles. The maximum Gasteiger partial charge on any atom is 0.222 e. The molecular formula is C17H32N2O. The second kappa shape index (κ2) is 8.02. The van der Waals surface area contributed by atoms with Crippen LogP contribution in [0.3, 0.4) is 0 Å². The Morgan fingerprint density at radius 2 is 1.95 bits per heavy atom. The number of carbonyl (C=O) groups is 1. The summed E-state index contributed by atoms with van der Waals surface area (Å²) in [6.07, 6.45) is 11.8. The molecule has 0 aromatic carbocycles. The van der Waals surface area contributed by atoms with Gasteiger partial charge in [-0.1, -0.05) is 26.2 Å². The van der Waals surface area contributed by atoms with Crippen molar-refractivity contribution >= 4 is 5.91 Å². The molecule has 0 aromatic rings. The van der Waals surface area contributed by atoms with Gasteiger partial charge in [-0.3, -0.25) is 4.79 Å². The lowest BCUT2D eigenvalue weighted by molar-refractivity contribution is -0.137. The van der Waals surface area contributed by atoms with Crippen LogP contribution in [0.25, 0.3) is 0 Å². The molecule has 2 rings (SSSR count). The van der Waals surface area contributed by atoms with Gasteiger partial charge in [0.15, 0.2) is 0 Å². The number of fused-ring (bicyclic) bond motifs is 1. The summed E-state index contributed by atoms with van der Waals surface area (Å²) in [5.41, 5.74) is 5.65. The van der Waals surface area contributed by atoms with Crippen molar-refractivity contribution in [1.29, 1.82) is 0 Å². The van der Waals surface area contributed by atoms with E-state index >= 15 is 0 Å². The minimum Gasteiger partial charge on any atom is -0.339 e. The number of hydrogen-bond acceptors (Lipinski definition) is 2. The molecule has 0 spiro atoms. The molecule has 20 heavy (non-hydrogen) atoms. The van der Waals surface area contributed by atoms with E-state index in [9.17, 15) is 4.79 Å². The topological polar surface area (TPSA) is 46.3 Å². The van der Waals surface area contributed by atoms with E-state index in [-0.39, 0.29) is 0 Å². The number of hydrogen-bond donors (Lipinski definition) is 1. The van der Waals surface area contributed by atoms with Gasteiger partial charge in [0.25, 0.3) is 0 Å². The van der Waals surface area contributed by atoms with Gasteiger partial charge in [0.2, 0.25) is 5.91 Å². The van der Waals surface area contributed by atoms with Gasteiger partial charge in [0.05, 0.1) is 0 Å². The monoisotopic (exact) mass is 280 g/mol. The number of nitrogens with two attached hydrogens (primary N) is 1. The summed E-state index contributed by atoms with van der Waals surface area (Å²) in [5, 5.41) is 0. The Hall–Kier alpha value is -0.570. The fourth-order valence-electron chi connectivity index (χ4n) is 4.19. The van der Waals surface area contributed by atoms with Crippen LogP contribution in [0, 0.1) is 11.8 Å². The maximum absolute atomic E-state index is 12.6. The molecule has 3 atom stereocenters. The van der Waals surface area contributed by atoms with Crippen LogP contribution in [0.2, 0.25) is 0 Å². The van der Waals surface area contributed by atoms with Crippen LogP contribution in [-0.4, -0.2) is 29.9 Å². The summed E-state index contributed by atoms with van der Waals surface area (Å²) in [7, 11) is 0. The van der Waals surface area contributed by atoms with Crippen LogP contribution in [0.1, 0.15) is 71.1 Å². The molecule has 2 aliphatic rings. The molecule has 1 unspecified atom stereocenters. The molecule has 1 saturated heterocycles. The average molecular weight is 280 g/mol. The van der Waals surface area contributed by atoms with Crippen molar-refractivity contribution in [1.82, 2.24) is 4.90 Å². The van der Waals surface area contributed by atoms with Crippen molar-refractivity contribution in [2.45, 2.75) is 77.2 Å². The number of nitrogens with zero attached hydrogens (tertiary/aromatic N) is 1. The van der Waals surface area contributed by atoms with Crippen LogP contribution in [0.4, 0.5) is 0 Å². The first kappa shape index (κ1) is 15.8. The van der Waals surface area contributed by atoms with Crippen LogP contribution < -0.4 is 5.73 Å². The van der Waals surface area contributed by atoms with Gasteiger partial charge in [-0.05, 0) is 56.9 Å². The van der Waals surface area contributed by atoms with Crippen molar-refractivity contribution < 1.29 is 4.79 Å². The normalized spacial score (nSPS) is 28.0. The zero-order valence-electron chi connectivity index (χ0n) is 13.2. The SMILES string of the molecule is CCC(CCN)CCC(=O)N1CCC[C@H]2CCCC[C@H]21. The van der Waals surface area contributed by atoms with Gasteiger partial charge in [0, 0.05) is 19.0 Å². The van der Waals surface area contributed by atoms with E-state index in [1.807, 2.05) is 0 Å². The van der Waals surface area contributed by atoms with E-state index in [1.165, 1.54) is 38.5 Å². The van der Waals surface area contributed by atoms with E-state index in [0.29, 0.717) is 17.9 Å². The van der Waals surface area contributed by atoms with Crippen molar-refractivity contribution in [3.8, 4) is 0 Å². The van der Waals surface area contributed by atoms with Crippen LogP contribution in [0.5, 0.6) is 0 Å². The molecule has 2 N–H and O–H groups in total. The Balaban J connectivity index is 1.84. The largest absolute Gasteiger partial charge is 0.339 e. The smallest absolute Gasteiger partial charge is 0.222 e. The minimum absolute atomic E-state index is 0.414. The molecule has 1 saturated carbocycles. The average Bonchev–Trinajstić information content (AvgIpc) is 2.50. The van der Waals surface area contributed by atoms with Crippen molar-refractivity contribution in [2.75, 3.05) is 13.1 Å². The molecule has 2 fully saturated rings. The summed E-state index contributed by atoms with van der Waals surface area (Å²) >= 11 is 0. The first-order valence-corrected chi connectivity index (χ1v) is 8.75. The van der Waals surface area contributed by atoms with Gasteiger partial charge in [-0.25, -0.2) is 0 Å². The van der Waals surface area contributed by atoms with Crippen molar-refractivity contribution in [3.63, 3.8) is 0 Å². The quantitative estimate of drug-likeness (QED) is 0.811. The molecule has 0 radical (unpaired) electrons. The van der Waals surface area contributed by atoms with Gasteiger partial charge in [0.1, 0.15) is 0 Å². The first-order valence-electron chi connectivity index (χ1n) is 8.75. The number of carbonyl (C=O) groups excluding carboxylic acids is 1. The summed E-state index contributed by atoms with van der Waals surface area (Å²) in [6, 6.07) is 0.569. The van der Waals surface area contributed by atoms with Gasteiger partial charge in [-0.2, -0.15) is 0 Å².